The smallest absolute Gasteiger partial charge is 0.242 e. The molecule has 5 nitrogen and oxygen atoms in total. The highest BCUT2D eigenvalue weighted by Gasteiger charge is 2.54. The first-order valence-corrected chi connectivity index (χ1v) is 6.01. The van der Waals surface area contributed by atoms with Crippen LogP contribution in [0.15, 0.2) is 0 Å². The molecular formula is C12H20N2O3. The third kappa shape index (κ3) is 1.73. The molecule has 17 heavy (non-hydrogen) atoms. The van der Waals surface area contributed by atoms with Crippen molar-refractivity contribution in [2.75, 3.05) is 13.7 Å². The van der Waals surface area contributed by atoms with E-state index in [1.165, 1.54) is 0 Å². The van der Waals surface area contributed by atoms with Gasteiger partial charge in [-0.2, -0.15) is 0 Å². The van der Waals surface area contributed by atoms with Crippen LogP contribution >= 0.6 is 0 Å². The monoisotopic (exact) mass is 240 g/mol. The number of rotatable bonds is 2. The fourth-order valence-electron chi connectivity index (χ4n) is 2.92. The number of hydrogen-bond donors (Lipinski definition) is 1. The summed E-state index contributed by atoms with van der Waals surface area (Å²) in [7, 11) is 1.69. The van der Waals surface area contributed by atoms with Gasteiger partial charge in [-0.3, -0.25) is 9.59 Å². The van der Waals surface area contributed by atoms with Crippen LogP contribution < -0.4 is 5.32 Å². The van der Waals surface area contributed by atoms with Crippen molar-refractivity contribution in [3.63, 3.8) is 0 Å². The van der Waals surface area contributed by atoms with Crippen molar-refractivity contribution in [2.45, 2.75) is 45.4 Å². The van der Waals surface area contributed by atoms with Crippen LogP contribution in [0.5, 0.6) is 0 Å². The lowest BCUT2D eigenvalue weighted by Gasteiger charge is -2.57. The summed E-state index contributed by atoms with van der Waals surface area (Å²) in [5.41, 5.74) is -0.0870. The van der Waals surface area contributed by atoms with Gasteiger partial charge in [0, 0.05) is 18.6 Å². The summed E-state index contributed by atoms with van der Waals surface area (Å²) in [6.45, 7) is 6.07. The lowest BCUT2D eigenvalue weighted by Crippen LogP contribution is -2.69. The lowest BCUT2D eigenvalue weighted by atomic mass is 9.63. The predicted molar refractivity (Wildman–Crippen MR) is 62.3 cm³/mol. The maximum atomic E-state index is 11.9. The van der Waals surface area contributed by atoms with E-state index in [0.29, 0.717) is 0 Å². The second-order valence-electron chi connectivity index (χ2n) is 5.49. The molecule has 5 heteroatoms. The molecule has 1 saturated carbocycles. The molecule has 2 amide bonds. The summed E-state index contributed by atoms with van der Waals surface area (Å²) in [4.78, 5) is 25.3. The highest BCUT2D eigenvalue weighted by atomic mass is 16.5. The zero-order chi connectivity index (χ0) is 12.8. The molecule has 1 N–H and O–H groups in total. The highest BCUT2D eigenvalue weighted by molar-refractivity contribution is 5.94. The fraction of sp³-hybridized carbons (Fsp3) is 0.833. The van der Waals surface area contributed by atoms with E-state index in [4.69, 9.17) is 4.74 Å². The predicted octanol–water partition coefficient (Wildman–Crippen LogP) is 0.147. The molecule has 0 bridgehead atoms. The van der Waals surface area contributed by atoms with E-state index in [1.807, 2.05) is 0 Å². The molecule has 2 aliphatic rings. The summed E-state index contributed by atoms with van der Waals surface area (Å²) in [6, 6.07) is -0.278. The number of hydrogen-bond acceptors (Lipinski definition) is 3. The molecule has 2 fully saturated rings. The quantitative estimate of drug-likeness (QED) is 0.747. The highest BCUT2D eigenvalue weighted by Crippen LogP contribution is 2.46. The Morgan fingerprint density at radius 3 is 2.59 bits per heavy atom. The van der Waals surface area contributed by atoms with Gasteiger partial charge >= 0.3 is 0 Å². The zero-order valence-electron chi connectivity index (χ0n) is 10.8. The van der Waals surface area contributed by atoms with E-state index in [1.54, 1.807) is 18.9 Å². The molecule has 1 aliphatic carbocycles. The number of amides is 2. The van der Waals surface area contributed by atoms with E-state index in [0.717, 1.165) is 6.42 Å². The van der Waals surface area contributed by atoms with E-state index in [-0.39, 0.29) is 42.0 Å². The minimum atomic E-state index is -0.377. The van der Waals surface area contributed by atoms with Gasteiger partial charge in [0.1, 0.15) is 6.04 Å². The van der Waals surface area contributed by atoms with Crippen molar-refractivity contribution in [3.8, 4) is 0 Å². The van der Waals surface area contributed by atoms with Crippen molar-refractivity contribution in [2.24, 2.45) is 5.41 Å². The molecule has 1 saturated heterocycles. The van der Waals surface area contributed by atoms with Crippen LogP contribution in [0.2, 0.25) is 0 Å². The molecule has 1 aliphatic heterocycles. The van der Waals surface area contributed by atoms with Gasteiger partial charge in [0.05, 0.1) is 12.6 Å². The number of carbonyl (C=O) groups is 2. The van der Waals surface area contributed by atoms with Crippen LogP contribution in [0, 0.1) is 5.41 Å². The molecule has 3 unspecified atom stereocenters. The molecule has 0 spiro atoms. The lowest BCUT2D eigenvalue weighted by molar-refractivity contribution is -0.174. The first-order valence-electron chi connectivity index (χ1n) is 6.01. The Labute approximate surface area is 101 Å². The second kappa shape index (κ2) is 3.98. The number of ether oxygens (including phenoxy) is 1. The summed E-state index contributed by atoms with van der Waals surface area (Å²) in [5.74, 6) is -0.0639. The molecular weight excluding hydrogens is 220 g/mol. The average molecular weight is 240 g/mol. The normalized spacial score (nSPS) is 36.5. The zero-order valence-corrected chi connectivity index (χ0v) is 10.8. The van der Waals surface area contributed by atoms with Crippen LogP contribution in [0.1, 0.15) is 27.2 Å². The molecule has 3 atom stereocenters. The largest absolute Gasteiger partial charge is 0.381 e. The topological polar surface area (TPSA) is 58.6 Å². The van der Waals surface area contributed by atoms with Gasteiger partial charge in [0.25, 0.3) is 0 Å². The Morgan fingerprint density at radius 2 is 2.06 bits per heavy atom. The van der Waals surface area contributed by atoms with Gasteiger partial charge in [0.2, 0.25) is 11.8 Å². The van der Waals surface area contributed by atoms with Gasteiger partial charge in [-0.15, -0.1) is 0 Å². The number of nitrogens with one attached hydrogen (secondary N) is 1. The number of piperazine rings is 1. The first-order chi connectivity index (χ1) is 7.89. The molecule has 96 valence electrons. The minimum absolute atomic E-state index is 0.00438. The Hall–Kier alpha value is -1.10. The van der Waals surface area contributed by atoms with Crippen molar-refractivity contribution < 1.29 is 14.3 Å². The minimum Gasteiger partial charge on any atom is -0.381 e. The van der Waals surface area contributed by atoms with Gasteiger partial charge in [0.15, 0.2) is 0 Å². The van der Waals surface area contributed by atoms with Crippen LogP contribution in [0.4, 0.5) is 0 Å². The number of carbonyl (C=O) groups excluding carboxylic acids is 2. The molecule has 1 heterocycles. The van der Waals surface area contributed by atoms with Crippen molar-refractivity contribution in [1.82, 2.24) is 10.2 Å². The molecule has 0 aromatic rings. The van der Waals surface area contributed by atoms with E-state index < -0.39 is 0 Å². The summed E-state index contributed by atoms with van der Waals surface area (Å²) in [5, 5.41) is 2.61. The Morgan fingerprint density at radius 1 is 1.41 bits per heavy atom. The fourth-order valence-corrected chi connectivity index (χ4v) is 2.92. The van der Waals surface area contributed by atoms with E-state index >= 15 is 0 Å². The van der Waals surface area contributed by atoms with Gasteiger partial charge in [-0.1, -0.05) is 13.8 Å². The first kappa shape index (κ1) is 12.4. The molecule has 0 radical (unpaired) electrons. The number of nitrogens with zero attached hydrogens (tertiary/aromatic N) is 1. The third-order valence-electron chi connectivity index (χ3n) is 4.24. The van der Waals surface area contributed by atoms with Crippen molar-refractivity contribution >= 4 is 11.8 Å². The van der Waals surface area contributed by atoms with Gasteiger partial charge in [-0.05, 0) is 13.3 Å². The van der Waals surface area contributed by atoms with E-state index in [2.05, 4.69) is 19.2 Å². The van der Waals surface area contributed by atoms with Crippen LogP contribution in [0.25, 0.3) is 0 Å². The van der Waals surface area contributed by atoms with Crippen LogP contribution in [-0.4, -0.2) is 48.6 Å². The second-order valence-corrected chi connectivity index (χ2v) is 5.49. The summed E-state index contributed by atoms with van der Waals surface area (Å²) < 4.78 is 5.38. The van der Waals surface area contributed by atoms with Gasteiger partial charge in [-0.25, -0.2) is 0 Å². The van der Waals surface area contributed by atoms with Crippen molar-refractivity contribution in [3.05, 3.63) is 0 Å². The van der Waals surface area contributed by atoms with Gasteiger partial charge < -0.3 is 15.0 Å². The Kier molecular flexibility index (Phi) is 2.89. The third-order valence-corrected chi connectivity index (χ3v) is 4.24. The number of methoxy groups -OCH3 is 1. The van der Waals surface area contributed by atoms with E-state index in [9.17, 15) is 9.59 Å². The summed E-state index contributed by atoms with van der Waals surface area (Å²) in [6.07, 6.45) is 0.977. The standard InChI is InChI=1S/C12H20N2O3/c1-7-11(16)13-6-10(15)14(7)8-5-9(17-4)12(8,2)3/h7-9H,5-6H2,1-4H3,(H,13,16). The molecule has 0 aromatic carbocycles. The Balaban J connectivity index is 2.17. The van der Waals surface area contributed by atoms with Crippen LogP contribution in [0.3, 0.4) is 0 Å². The van der Waals surface area contributed by atoms with Crippen LogP contribution in [-0.2, 0) is 14.3 Å². The summed E-state index contributed by atoms with van der Waals surface area (Å²) >= 11 is 0. The molecule has 2 rings (SSSR count). The SMILES string of the molecule is COC1CC(N2C(=O)CNC(=O)C2C)C1(C)C. The maximum absolute atomic E-state index is 11.9. The maximum Gasteiger partial charge on any atom is 0.242 e. The van der Waals surface area contributed by atoms with Crippen molar-refractivity contribution in [1.29, 1.82) is 0 Å². The Bertz CT molecular complexity index is 354. The average Bonchev–Trinajstić information content (AvgIpc) is 2.27. The molecule has 0 aromatic heterocycles.